The molecule has 0 bridgehead atoms. The van der Waals surface area contributed by atoms with Gasteiger partial charge >= 0.3 is 0 Å². The first-order chi connectivity index (χ1) is 8.15. The van der Waals surface area contributed by atoms with Crippen LogP contribution < -0.4 is 5.73 Å². The highest BCUT2D eigenvalue weighted by atomic mass is 32.1. The van der Waals surface area contributed by atoms with Crippen LogP contribution in [-0.2, 0) is 0 Å². The lowest BCUT2D eigenvalue weighted by atomic mass is 10.1. The standard InChI is InChI=1S/C14H13NOS/c1-10-2-9-14(17-10)13(16)8-5-11-3-6-12(15)7-4-11/h2-9H,15H2,1H3. The quantitative estimate of drug-likeness (QED) is 0.509. The largest absolute Gasteiger partial charge is 0.399 e. The fourth-order valence-electron chi connectivity index (χ4n) is 1.43. The third-order valence-corrected chi connectivity index (χ3v) is 3.36. The predicted octanol–water partition coefficient (Wildman–Crippen LogP) is 3.53. The number of nitrogens with two attached hydrogens (primary N) is 1. The molecule has 0 unspecified atom stereocenters. The number of carbonyl (C=O) groups is 1. The van der Waals surface area contributed by atoms with Crippen LogP contribution in [0.2, 0.25) is 0 Å². The lowest BCUT2D eigenvalue weighted by Gasteiger charge is -1.94. The van der Waals surface area contributed by atoms with Crippen molar-refractivity contribution in [1.82, 2.24) is 0 Å². The number of hydrogen-bond acceptors (Lipinski definition) is 3. The van der Waals surface area contributed by atoms with E-state index in [0.717, 1.165) is 21.0 Å². The van der Waals surface area contributed by atoms with Gasteiger partial charge in [0.25, 0.3) is 0 Å². The van der Waals surface area contributed by atoms with Crippen LogP contribution in [0, 0.1) is 6.92 Å². The van der Waals surface area contributed by atoms with Crippen LogP contribution >= 0.6 is 11.3 Å². The molecule has 3 heteroatoms. The minimum Gasteiger partial charge on any atom is -0.399 e. The van der Waals surface area contributed by atoms with Gasteiger partial charge in [-0.2, -0.15) is 0 Å². The van der Waals surface area contributed by atoms with Gasteiger partial charge in [0.05, 0.1) is 4.88 Å². The van der Waals surface area contributed by atoms with Gasteiger partial charge in [0.1, 0.15) is 0 Å². The van der Waals surface area contributed by atoms with E-state index in [1.807, 2.05) is 43.3 Å². The third-order valence-electron chi connectivity index (χ3n) is 2.35. The van der Waals surface area contributed by atoms with E-state index in [2.05, 4.69) is 0 Å². The molecule has 2 aromatic rings. The number of benzene rings is 1. The van der Waals surface area contributed by atoms with Crippen molar-refractivity contribution in [3.63, 3.8) is 0 Å². The molecule has 0 amide bonds. The zero-order valence-corrected chi connectivity index (χ0v) is 10.3. The molecule has 0 saturated carbocycles. The summed E-state index contributed by atoms with van der Waals surface area (Å²) in [5.41, 5.74) is 7.28. The van der Waals surface area contributed by atoms with E-state index in [9.17, 15) is 4.79 Å². The van der Waals surface area contributed by atoms with Crippen LogP contribution in [0.3, 0.4) is 0 Å². The summed E-state index contributed by atoms with van der Waals surface area (Å²) in [6.07, 6.45) is 3.40. The second-order valence-corrected chi connectivity index (χ2v) is 5.06. The highest BCUT2D eigenvalue weighted by molar-refractivity contribution is 7.14. The van der Waals surface area contributed by atoms with Crippen molar-refractivity contribution in [3.05, 3.63) is 57.8 Å². The molecule has 0 saturated heterocycles. The van der Waals surface area contributed by atoms with E-state index in [-0.39, 0.29) is 5.78 Å². The second-order valence-electron chi connectivity index (χ2n) is 3.77. The first-order valence-corrected chi connectivity index (χ1v) is 6.11. The Morgan fingerprint density at radius 2 is 1.88 bits per heavy atom. The number of aryl methyl sites for hydroxylation is 1. The topological polar surface area (TPSA) is 43.1 Å². The summed E-state index contributed by atoms with van der Waals surface area (Å²) in [6.45, 7) is 1.99. The highest BCUT2D eigenvalue weighted by Crippen LogP contribution is 2.16. The van der Waals surface area contributed by atoms with Gasteiger partial charge in [0.2, 0.25) is 0 Å². The number of allylic oxidation sites excluding steroid dienone is 1. The van der Waals surface area contributed by atoms with Crippen LogP contribution in [-0.4, -0.2) is 5.78 Å². The van der Waals surface area contributed by atoms with E-state index in [4.69, 9.17) is 5.73 Å². The van der Waals surface area contributed by atoms with Gasteiger partial charge < -0.3 is 5.73 Å². The summed E-state index contributed by atoms with van der Waals surface area (Å²) < 4.78 is 0. The molecule has 0 aliphatic carbocycles. The lowest BCUT2D eigenvalue weighted by molar-refractivity contribution is 0.105. The van der Waals surface area contributed by atoms with E-state index in [1.54, 1.807) is 12.2 Å². The molecule has 1 heterocycles. The van der Waals surface area contributed by atoms with Crippen molar-refractivity contribution >= 4 is 28.9 Å². The maximum atomic E-state index is 11.8. The summed E-state index contributed by atoms with van der Waals surface area (Å²) in [5.74, 6) is 0.0416. The van der Waals surface area contributed by atoms with E-state index >= 15 is 0 Å². The van der Waals surface area contributed by atoms with E-state index < -0.39 is 0 Å². The van der Waals surface area contributed by atoms with Gasteiger partial charge in [-0.3, -0.25) is 4.79 Å². The van der Waals surface area contributed by atoms with Gasteiger partial charge in [0, 0.05) is 10.6 Å². The van der Waals surface area contributed by atoms with Gasteiger partial charge in [0.15, 0.2) is 5.78 Å². The highest BCUT2D eigenvalue weighted by Gasteiger charge is 2.03. The Kier molecular flexibility index (Phi) is 3.40. The van der Waals surface area contributed by atoms with Crippen molar-refractivity contribution < 1.29 is 4.79 Å². The lowest BCUT2D eigenvalue weighted by Crippen LogP contribution is -1.89. The fraction of sp³-hybridized carbons (Fsp3) is 0.0714. The minimum absolute atomic E-state index is 0.0416. The average Bonchev–Trinajstić information content (AvgIpc) is 2.75. The summed E-state index contributed by atoms with van der Waals surface area (Å²) in [5, 5.41) is 0. The number of ketones is 1. The summed E-state index contributed by atoms with van der Waals surface area (Å²) in [7, 11) is 0. The number of thiophene rings is 1. The fourth-order valence-corrected chi connectivity index (χ4v) is 2.22. The van der Waals surface area contributed by atoms with Crippen LogP contribution in [0.15, 0.2) is 42.5 Å². The molecular formula is C14H13NOS. The van der Waals surface area contributed by atoms with Gasteiger partial charge in [-0.15, -0.1) is 11.3 Å². The molecule has 0 aliphatic rings. The number of hydrogen-bond donors (Lipinski definition) is 1. The Balaban J connectivity index is 2.10. The molecule has 2 rings (SSSR count). The molecule has 0 fully saturated rings. The van der Waals surface area contributed by atoms with Gasteiger partial charge in [-0.1, -0.05) is 18.2 Å². The van der Waals surface area contributed by atoms with Crippen LogP contribution in [0.25, 0.3) is 6.08 Å². The van der Waals surface area contributed by atoms with Crippen molar-refractivity contribution in [1.29, 1.82) is 0 Å². The molecule has 1 aromatic heterocycles. The van der Waals surface area contributed by atoms with Crippen molar-refractivity contribution in [2.45, 2.75) is 6.92 Å². The molecule has 0 spiro atoms. The van der Waals surface area contributed by atoms with Crippen LogP contribution in [0.4, 0.5) is 5.69 Å². The Hall–Kier alpha value is -1.87. The number of nitrogen functional groups attached to an aromatic ring is 1. The van der Waals surface area contributed by atoms with Crippen LogP contribution in [0.1, 0.15) is 20.1 Å². The van der Waals surface area contributed by atoms with Gasteiger partial charge in [-0.05, 0) is 42.8 Å². The third kappa shape index (κ3) is 3.04. The molecule has 2 N–H and O–H groups in total. The summed E-state index contributed by atoms with van der Waals surface area (Å²) in [6, 6.07) is 11.2. The Bertz CT molecular complexity index is 552. The molecule has 0 atom stereocenters. The van der Waals surface area contributed by atoms with Crippen LogP contribution in [0.5, 0.6) is 0 Å². The van der Waals surface area contributed by atoms with E-state index in [1.165, 1.54) is 11.3 Å². The first kappa shape index (κ1) is 11.6. The molecule has 0 radical (unpaired) electrons. The SMILES string of the molecule is Cc1ccc(C(=O)C=Cc2ccc(N)cc2)s1. The molecule has 1 aromatic carbocycles. The summed E-state index contributed by atoms with van der Waals surface area (Å²) in [4.78, 5) is 13.7. The number of carbonyl (C=O) groups excluding carboxylic acids is 1. The monoisotopic (exact) mass is 243 g/mol. The predicted molar refractivity (Wildman–Crippen MR) is 73.3 cm³/mol. The number of anilines is 1. The Morgan fingerprint density at radius 1 is 1.18 bits per heavy atom. The molecule has 17 heavy (non-hydrogen) atoms. The molecule has 0 aliphatic heterocycles. The molecule has 86 valence electrons. The maximum Gasteiger partial charge on any atom is 0.195 e. The smallest absolute Gasteiger partial charge is 0.195 e. The second kappa shape index (κ2) is 4.97. The van der Waals surface area contributed by atoms with Gasteiger partial charge in [-0.25, -0.2) is 0 Å². The van der Waals surface area contributed by atoms with E-state index in [0.29, 0.717) is 0 Å². The molecule has 2 nitrogen and oxygen atoms in total. The Labute approximate surface area is 104 Å². The van der Waals surface area contributed by atoms with Crippen molar-refractivity contribution in [2.75, 3.05) is 5.73 Å². The van der Waals surface area contributed by atoms with Crippen molar-refractivity contribution in [3.8, 4) is 0 Å². The normalized spacial score (nSPS) is 10.9. The average molecular weight is 243 g/mol. The zero-order valence-electron chi connectivity index (χ0n) is 9.51. The minimum atomic E-state index is 0.0416. The molecular weight excluding hydrogens is 230 g/mol. The zero-order chi connectivity index (χ0) is 12.3. The van der Waals surface area contributed by atoms with Crippen molar-refractivity contribution in [2.24, 2.45) is 0 Å². The first-order valence-electron chi connectivity index (χ1n) is 5.29. The summed E-state index contributed by atoms with van der Waals surface area (Å²) >= 11 is 1.51. The maximum absolute atomic E-state index is 11.8. The Morgan fingerprint density at radius 3 is 2.47 bits per heavy atom. The number of rotatable bonds is 3.